The average Bonchev–Trinajstić information content (AvgIpc) is 1.69. The Balaban J connectivity index is -0.0000000612. The maximum absolute atomic E-state index is 3.31. The molecule has 0 saturated carbocycles. The van der Waals surface area contributed by atoms with Crippen LogP contribution < -0.4 is 0 Å². The SMILES string of the molecule is Br.Brc1ccccc1.[H-].[H-].[Mg+2]. The quantitative estimate of drug-likeness (QED) is 0.632. The third-order valence-electron chi connectivity index (χ3n) is 0.733. The Morgan fingerprint density at radius 2 is 1.56 bits per heavy atom. The summed E-state index contributed by atoms with van der Waals surface area (Å²) in [7, 11) is 0. The first-order valence-electron chi connectivity index (χ1n) is 2.10. The minimum Gasteiger partial charge on any atom is -1.00 e. The van der Waals surface area contributed by atoms with Crippen LogP contribution >= 0.6 is 32.9 Å². The maximum Gasteiger partial charge on any atom is 2.00 e. The summed E-state index contributed by atoms with van der Waals surface area (Å²) in [6, 6.07) is 9.97. The van der Waals surface area contributed by atoms with Crippen LogP contribution in [0.1, 0.15) is 2.85 Å². The molecule has 0 amide bonds. The van der Waals surface area contributed by atoms with Crippen molar-refractivity contribution in [1.29, 1.82) is 0 Å². The van der Waals surface area contributed by atoms with E-state index in [-0.39, 0.29) is 42.9 Å². The molecule has 0 N–H and O–H groups in total. The third kappa shape index (κ3) is 5.39. The van der Waals surface area contributed by atoms with E-state index in [1.54, 1.807) is 0 Å². The molecular weight excluding hydrogens is 256 g/mol. The Labute approximate surface area is 93.1 Å². The Morgan fingerprint density at radius 3 is 1.78 bits per heavy atom. The zero-order valence-electron chi connectivity index (χ0n) is 6.88. The summed E-state index contributed by atoms with van der Waals surface area (Å²) < 4.78 is 1.13. The van der Waals surface area contributed by atoms with Gasteiger partial charge in [0.05, 0.1) is 0 Å². The van der Waals surface area contributed by atoms with E-state index in [1.807, 2.05) is 30.3 Å². The van der Waals surface area contributed by atoms with Crippen molar-refractivity contribution >= 4 is 56.0 Å². The van der Waals surface area contributed by atoms with Crippen LogP contribution in [-0.2, 0) is 0 Å². The van der Waals surface area contributed by atoms with Gasteiger partial charge in [0.15, 0.2) is 0 Å². The molecule has 1 aromatic rings. The fourth-order valence-electron chi connectivity index (χ4n) is 0.415. The number of halogens is 2. The van der Waals surface area contributed by atoms with Crippen molar-refractivity contribution in [1.82, 2.24) is 0 Å². The fourth-order valence-corrected chi connectivity index (χ4v) is 0.720. The predicted molar refractivity (Wildman–Crippen MR) is 52.4 cm³/mol. The summed E-state index contributed by atoms with van der Waals surface area (Å²) in [6.07, 6.45) is 0. The van der Waals surface area contributed by atoms with Crippen LogP contribution in [0.4, 0.5) is 0 Å². The molecule has 0 spiro atoms. The molecule has 0 aliphatic rings. The van der Waals surface area contributed by atoms with Gasteiger partial charge in [0, 0.05) is 4.47 Å². The van der Waals surface area contributed by atoms with Gasteiger partial charge in [0.25, 0.3) is 0 Å². The van der Waals surface area contributed by atoms with Gasteiger partial charge in [-0.15, -0.1) is 17.0 Å². The van der Waals surface area contributed by atoms with Gasteiger partial charge in [-0.1, -0.05) is 34.1 Å². The molecule has 0 fully saturated rings. The monoisotopic (exact) mass is 262 g/mol. The molecule has 0 aliphatic heterocycles. The van der Waals surface area contributed by atoms with E-state index in [0.717, 1.165) is 4.47 Å². The molecule has 0 unspecified atom stereocenters. The number of benzene rings is 1. The zero-order chi connectivity index (χ0) is 5.11. The van der Waals surface area contributed by atoms with Crippen LogP contribution in [0.25, 0.3) is 0 Å². The first-order valence-corrected chi connectivity index (χ1v) is 2.89. The van der Waals surface area contributed by atoms with Gasteiger partial charge in [0.1, 0.15) is 0 Å². The molecule has 0 aromatic heterocycles. The molecule has 0 heterocycles. The summed E-state index contributed by atoms with van der Waals surface area (Å²) in [5.74, 6) is 0. The molecule has 1 aromatic carbocycles. The van der Waals surface area contributed by atoms with Crippen LogP contribution in [0.2, 0.25) is 0 Å². The predicted octanol–water partition coefficient (Wildman–Crippen LogP) is 2.87. The van der Waals surface area contributed by atoms with E-state index >= 15 is 0 Å². The molecule has 0 saturated heterocycles. The van der Waals surface area contributed by atoms with Crippen molar-refractivity contribution in [3.05, 3.63) is 34.8 Å². The van der Waals surface area contributed by atoms with Crippen molar-refractivity contribution in [2.75, 3.05) is 0 Å². The number of hydrogen-bond donors (Lipinski definition) is 0. The molecular formula is C6H8Br2Mg. The summed E-state index contributed by atoms with van der Waals surface area (Å²) >= 11 is 3.31. The molecule has 0 bridgehead atoms. The molecule has 9 heavy (non-hydrogen) atoms. The molecule has 0 aliphatic carbocycles. The summed E-state index contributed by atoms with van der Waals surface area (Å²) in [4.78, 5) is 0. The smallest absolute Gasteiger partial charge is 1.00 e. The van der Waals surface area contributed by atoms with Crippen LogP contribution in [0.15, 0.2) is 34.8 Å². The second-order valence-corrected chi connectivity index (χ2v) is 2.21. The minimum absolute atomic E-state index is 0. The molecule has 0 nitrogen and oxygen atoms in total. The van der Waals surface area contributed by atoms with Gasteiger partial charge in [-0.25, -0.2) is 0 Å². The van der Waals surface area contributed by atoms with Crippen LogP contribution in [0, 0.1) is 0 Å². The van der Waals surface area contributed by atoms with E-state index in [2.05, 4.69) is 15.9 Å². The first-order chi connectivity index (χ1) is 3.39. The van der Waals surface area contributed by atoms with Gasteiger partial charge in [0.2, 0.25) is 0 Å². The van der Waals surface area contributed by atoms with Crippen molar-refractivity contribution in [2.45, 2.75) is 0 Å². The number of rotatable bonds is 0. The Hall–Kier alpha value is 0.946. The largest absolute Gasteiger partial charge is 2.00 e. The van der Waals surface area contributed by atoms with E-state index in [4.69, 9.17) is 0 Å². The van der Waals surface area contributed by atoms with E-state index in [0.29, 0.717) is 0 Å². The van der Waals surface area contributed by atoms with E-state index in [1.165, 1.54) is 0 Å². The van der Waals surface area contributed by atoms with Crippen molar-refractivity contribution in [3.63, 3.8) is 0 Å². The zero-order valence-corrected chi connectivity index (χ0v) is 9.59. The number of hydrogen-bond acceptors (Lipinski definition) is 0. The van der Waals surface area contributed by atoms with Crippen LogP contribution in [0.3, 0.4) is 0 Å². The van der Waals surface area contributed by atoms with Gasteiger partial charge in [-0.3, -0.25) is 0 Å². The van der Waals surface area contributed by atoms with Gasteiger partial charge < -0.3 is 2.85 Å². The normalized spacial score (nSPS) is 6.78. The van der Waals surface area contributed by atoms with Crippen molar-refractivity contribution in [2.24, 2.45) is 0 Å². The maximum atomic E-state index is 3.31. The van der Waals surface area contributed by atoms with E-state index in [9.17, 15) is 0 Å². The summed E-state index contributed by atoms with van der Waals surface area (Å²) in [6.45, 7) is 0. The molecule has 1 rings (SSSR count). The average molecular weight is 264 g/mol. The van der Waals surface area contributed by atoms with Crippen molar-refractivity contribution in [3.8, 4) is 0 Å². The Bertz CT molecular complexity index is 149. The molecule has 3 heteroatoms. The minimum atomic E-state index is 0. The van der Waals surface area contributed by atoms with Crippen LogP contribution in [-0.4, -0.2) is 23.1 Å². The van der Waals surface area contributed by atoms with Gasteiger partial charge in [-0.2, -0.15) is 0 Å². The Kier molecular flexibility index (Phi) is 9.89. The van der Waals surface area contributed by atoms with Crippen molar-refractivity contribution < 1.29 is 2.85 Å². The fraction of sp³-hybridized carbons (Fsp3) is 0. The topological polar surface area (TPSA) is 0 Å². The standard InChI is InChI=1S/C6H5Br.BrH.Mg.2H/c7-6-4-2-1-3-5-6;;;;/h1-5H;1H;;;/q;;+2;2*-1. The first kappa shape index (κ1) is 12.6. The summed E-state index contributed by atoms with van der Waals surface area (Å²) in [5.41, 5.74) is 0. The molecule has 48 valence electrons. The second-order valence-electron chi connectivity index (χ2n) is 1.30. The van der Waals surface area contributed by atoms with E-state index < -0.39 is 0 Å². The Morgan fingerprint density at radius 1 is 1.11 bits per heavy atom. The van der Waals surface area contributed by atoms with Gasteiger partial charge >= 0.3 is 23.1 Å². The van der Waals surface area contributed by atoms with Gasteiger partial charge in [-0.05, 0) is 12.1 Å². The second kappa shape index (κ2) is 7.06. The third-order valence-corrected chi connectivity index (χ3v) is 1.26. The van der Waals surface area contributed by atoms with Crippen LogP contribution in [0.5, 0.6) is 0 Å². The summed E-state index contributed by atoms with van der Waals surface area (Å²) in [5, 5.41) is 0. The molecule has 0 atom stereocenters. The molecule has 0 radical (unpaired) electrons.